The zero-order valence-electron chi connectivity index (χ0n) is 18.7. The van der Waals surface area contributed by atoms with E-state index in [1.54, 1.807) is 0 Å². The molecular formula is C25H33N5O2. The molecular weight excluding hydrogens is 402 g/mol. The summed E-state index contributed by atoms with van der Waals surface area (Å²) in [5.41, 5.74) is 3.58. The Balaban J connectivity index is 1.26. The zero-order valence-corrected chi connectivity index (χ0v) is 18.7. The predicted molar refractivity (Wildman–Crippen MR) is 125 cm³/mol. The van der Waals surface area contributed by atoms with Gasteiger partial charge in [0, 0.05) is 68.6 Å². The average Bonchev–Trinajstić information content (AvgIpc) is 3.33. The maximum absolute atomic E-state index is 13.1. The highest BCUT2D eigenvalue weighted by molar-refractivity contribution is 5.79. The Bertz CT molecular complexity index is 935. The number of amides is 1. The number of fused-ring (bicyclic) bond motifs is 1. The third-order valence-corrected chi connectivity index (χ3v) is 7.19. The van der Waals surface area contributed by atoms with Crippen LogP contribution in [0.1, 0.15) is 30.5 Å². The lowest BCUT2D eigenvalue weighted by Crippen LogP contribution is -2.52. The van der Waals surface area contributed by atoms with E-state index < -0.39 is 0 Å². The van der Waals surface area contributed by atoms with Gasteiger partial charge in [-0.2, -0.15) is 0 Å². The van der Waals surface area contributed by atoms with E-state index in [0.717, 1.165) is 88.6 Å². The number of aryl methyl sites for hydroxylation is 1. The normalized spacial score (nSPS) is 19.9. The molecule has 7 heteroatoms. The molecule has 3 heterocycles. The fourth-order valence-corrected chi connectivity index (χ4v) is 5.32. The monoisotopic (exact) mass is 435 g/mol. The first-order valence-electron chi connectivity index (χ1n) is 12.0. The van der Waals surface area contributed by atoms with Gasteiger partial charge >= 0.3 is 0 Å². The number of aliphatic hydroxyl groups is 1. The van der Waals surface area contributed by atoms with E-state index in [1.807, 2.05) is 23.1 Å². The number of piperidine rings is 1. The number of hydrogen-bond acceptors (Lipinski definition) is 6. The van der Waals surface area contributed by atoms with Crippen molar-refractivity contribution in [1.82, 2.24) is 19.8 Å². The largest absolute Gasteiger partial charge is 0.395 e. The molecule has 0 spiro atoms. The van der Waals surface area contributed by atoms with Gasteiger partial charge in [0.1, 0.15) is 5.82 Å². The van der Waals surface area contributed by atoms with Crippen molar-refractivity contribution in [2.24, 2.45) is 5.92 Å². The van der Waals surface area contributed by atoms with Crippen LogP contribution in [0.3, 0.4) is 0 Å². The quantitative estimate of drug-likeness (QED) is 0.774. The molecule has 2 aromatic rings. The summed E-state index contributed by atoms with van der Waals surface area (Å²) in [4.78, 5) is 29.7. The lowest BCUT2D eigenvalue weighted by atomic mass is 9.94. The minimum Gasteiger partial charge on any atom is -0.395 e. The SMILES string of the molecule is O=C(C1CCN(c2nc(-c3ccccc3)nc3c2CCC3)CC1)N1CCN(CCO)CC1. The number of aliphatic hydroxyl groups excluding tert-OH is 1. The molecule has 1 aromatic carbocycles. The van der Waals surface area contributed by atoms with Crippen LogP contribution in [-0.2, 0) is 17.6 Å². The molecule has 32 heavy (non-hydrogen) atoms. The maximum atomic E-state index is 13.1. The highest BCUT2D eigenvalue weighted by Crippen LogP contribution is 2.33. The molecule has 0 radical (unpaired) electrons. The molecule has 2 saturated heterocycles. The lowest BCUT2D eigenvalue weighted by molar-refractivity contribution is -0.138. The third kappa shape index (κ3) is 4.36. The van der Waals surface area contributed by atoms with Crippen molar-refractivity contribution in [3.8, 4) is 11.4 Å². The van der Waals surface area contributed by atoms with Gasteiger partial charge in [-0.3, -0.25) is 9.69 Å². The topological polar surface area (TPSA) is 72.8 Å². The van der Waals surface area contributed by atoms with Gasteiger partial charge in [0.25, 0.3) is 0 Å². The first-order chi connectivity index (χ1) is 15.7. The number of anilines is 1. The van der Waals surface area contributed by atoms with E-state index in [2.05, 4.69) is 21.9 Å². The Morgan fingerprint density at radius 2 is 1.72 bits per heavy atom. The molecule has 0 bridgehead atoms. The Kier molecular flexibility index (Phi) is 6.37. The summed E-state index contributed by atoms with van der Waals surface area (Å²) in [6, 6.07) is 10.2. The number of piperazine rings is 1. The fourth-order valence-electron chi connectivity index (χ4n) is 5.32. The molecule has 7 nitrogen and oxygen atoms in total. The minimum atomic E-state index is 0.110. The molecule has 2 aliphatic heterocycles. The highest BCUT2D eigenvalue weighted by Gasteiger charge is 2.32. The van der Waals surface area contributed by atoms with Gasteiger partial charge in [-0.15, -0.1) is 0 Å². The van der Waals surface area contributed by atoms with Crippen LogP contribution in [0.25, 0.3) is 11.4 Å². The second-order valence-electron chi connectivity index (χ2n) is 9.17. The number of rotatable bonds is 5. The summed E-state index contributed by atoms with van der Waals surface area (Å²) < 4.78 is 0. The summed E-state index contributed by atoms with van der Waals surface area (Å²) >= 11 is 0. The van der Waals surface area contributed by atoms with Gasteiger partial charge in [0.2, 0.25) is 5.91 Å². The number of β-amino-alcohol motifs (C(OH)–C–C–N with tert-alkyl or cyclic N) is 1. The van der Waals surface area contributed by atoms with Crippen LogP contribution in [0.4, 0.5) is 5.82 Å². The second kappa shape index (κ2) is 9.55. The van der Waals surface area contributed by atoms with Crippen molar-refractivity contribution >= 4 is 11.7 Å². The number of aromatic nitrogens is 2. The fraction of sp³-hybridized carbons (Fsp3) is 0.560. The van der Waals surface area contributed by atoms with Gasteiger partial charge in [0.15, 0.2) is 5.82 Å². The average molecular weight is 436 g/mol. The Labute approximate surface area is 190 Å². The molecule has 0 atom stereocenters. The number of hydrogen-bond donors (Lipinski definition) is 1. The van der Waals surface area contributed by atoms with E-state index in [0.29, 0.717) is 12.5 Å². The molecule has 1 aromatic heterocycles. The van der Waals surface area contributed by atoms with Gasteiger partial charge in [0.05, 0.1) is 6.61 Å². The summed E-state index contributed by atoms with van der Waals surface area (Å²) in [6.07, 6.45) is 5.00. The van der Waals surface area contributed by atoms with Crippen molar-refractivity contribution in [2.75, 3.05) is 57.3 Å². The molecule has 1 N–H and O–H groups in total. The Morgan fingerprint density at radius 1 is 0.969 bits per heavy atom. The molecule has 1 aliphatic carbocycles. The second-order valence-corrected chi connectivity index (χ2v) is 9.17. The van der Waals surface area contributed by atoms with E-state index >= 15 is 0 Å². The van der Waals surface area contributed by atoms with E-state index in [1.165, 1.54) is 11.3 Å². The lowest BCUT2D eigenvalue weighted by Gasteiger charge is -2.39. The van der Waals surface area contributed by atoms with Crippen molar-refractivity contribution in [3.63, 3.8) is 0 Å². The predicted octanol–water partition coefficient (Wildman–Crippen LogP) is 1.99. The first kappa shape index (κ1) is 21.3. The maximum Gasteiger partial charge on any atom is 0.225 e. The van der Waals surface area contributed by atoms with Gasteiger partial charge in [-0.25, -0.2) is 9.97 Å². The summed E-state index contributed by atoms with van der Waals surface area (Å²) in [5, 5.41) is 9.12. The van der Waals surface area contributed by atoms with Crippen LogP contribution in [0.15, 0.2) is 30.3 Å². The van der Waals surface area contributed by atoms with E-state index in [4.69, 9.17) is 15.1 Å². The number of carbonyl (C=O) groups excluding carboxylic acids is 1. The highest BCUT2D eigenvalue weighted by atomic mass is 16.3. The summed E-state index contributed by atoms with van der Waals surface area (Å²) in [7, 11) is 0. The molecule has 0 saturated carbocycles. The number of nitrogens with zero attached hydrogens (tertiary/aromatic N) is 5. The van der Waals surface area contributed by atoms with Crippen molar-refractivity contribution in [1.29, 1.82) is 0 Å². The van der Waals surface area contributed by atoms with Crippen LogP contribution >= 0.6 is 0 Å². The Hall–Kier alpha value is -2.51. The molecule has 2 fully saturated rings. The number of carbonyl (C=O) groups is 1. The first-order valence-corrected chi connectivity index (χ1v) is 12.0. The minimum absolute atomic E-state index is 0.110. The third-order valence-electron chi connectivity index (χ3n) is 7.19. The van der Waals surface area contributed by atoms with Crippen molar-refractivity contribution < 1.29 is 9.90 Å². The van der Waals surface area contributed by atoms with Gasteiger partial charge in [-0.05, 0) is 32.1 Å². The van der Waals surface area contributed by atoms with Crippen LogP contribution in [0.5, 0.6) is 0 Å². The Morgan fingerprint density at radius 3 is 2.44 bits per heavy atom. The van der Waals surface area contributed by atoms with Crippen LogP contribution in [0, 0.1) is 5.92 Å². The molecule has 3 aliphatic rings. The van der Waals surface area contributed by atoms with Crippen molar-refractivity contribution in [3.05, 3.63) is 41.6 Å². The van der Waals surface area contributed by atoms with E-state index in [-0.39, 0.29) is 12.5 Å². The summed E-state index contributed by atoms with van der Waals surface area (Å²) in [6.45, 7) is 5.91. The van der Waals surface area contributed by atoms with Crippen LogP contribution < -0.4 is 4.90 Å². The van der Waals surface area contributed by atoms with Crippen molar-refractivity contribution in [2.45, 2.75) is 32.1 Å². The molecule has 5 rings (SSSR count). The van der Waals surface area contributed by atoms with Gasteiger partial charge < -0.3 is 14.9 Å². The van der Waals surface area contributed by atoms with Gasteiger partial charge in [-0.1, -0.05) is 30.3 Å². The standard InChI is InChI=1S/C25H33N5O2/c31-18-17-28-13-15-30(16-14-28)25(32)20-9-11-29(12-10-20)24-21-7-4-8-22(21)26-23(27-24)19-5-2-1-3-6-19/h1-3,5-6,20,31H,4,7-18H2. The number of benzene rings is 1. The molecule has 170 valence electrons. The van der Waals surface area contributed by atoms with E-state index in [9.17, 15) is 4.79 Å². The van der Waals surface area contributed by atoms with Crippen LogP contribution in [0.2, 0.25) is 0 Å². The molecule has 1 amide bonds. The smallest absolute Gasteiger partial charge is 0.225 e. The summed E-state index contributed by atoms with van der Waals surface area (Å²) in [5.74, 6) is 2.33. The zero-order chi connectivity index (χ0) is 21.9. The molecule has 0 unspecified atom stereocenters. The van der Waals surface area contributed by atoms with Crippen LogP contribution in [-0.4, -0.2) is 83.2 Å².